The van der Waals surface area contributed by atoms with Crippen LogP contribution in [0.3, 0.4) is 0 Å². The molecule has 0 aromatic heterocycles. The zero-order valence-electron chi connectivity index (χ0n) is 9.38. The molecule has 1 aliphatic carbocycles. The zero-order valence-corrected chi connectivity index (χ0v) is 10.9. The molecule has 3 heteroatoms. The van der Waals surface area contributed by atoms with E-state index < -0.39 is 0 Å². The lowest BCUT2D eigenvalue weighted by molar-refractivity contribution is 0.166. The van der Waals surface area contributed by atoms with Crippen molar-refractivity contribution in [2.24, 2.45) is 0 Å². The highest BCUT2D eigenvalue weighted by Gasteiger charge is 2.10. The van der Waals surface area contributed by atoms with E-state index in [4.69, 9.17) is 16.3 Å². The van der Waals surface area contributed by atoms with Crippen LogP contribution in [-0.4, -0.2) is 24.8 Å². The molecule has 1 nitrogen and oxygen atoms in total. The Kier molecular flexibility index (Phi) is 5.01. The van der Waals surface area contributed by atoms with Gasteiger partial charge in [-0.1, -0.05) is 6.07 Å². The second-order valence-electron chi connectivity index (χ2n) is 3.93. The summed E-state index contributed by atoms with van der Waals surface area (Å²) in [5.41, 5.74) is 3.09. The molecule has 0 aliphatic heterocycles. The Bertz CT molecular complexity index is 341. The van der Waals surface area contributed by atoms with Crippen LogP contribution in [0.15, 0.2) is 23.1 Å². The Balaban J connectivity index is 1.77. The average Bonchev–Trinajstić information content (AvgIpc) is 2.76. The number of benzene rings is 1. The average molecular weight is 257 g/mol. The van der Waals surface area contributed by atoms with Gasteiger partial charge in [-0.2, -0.15) is 0 Å². The van der Waals surface area contributed by atoms with Crippen molar-refractivity contribution in [1.29, 1.82) is 0 Å². The van der Waals surface area contributed by atoms with Crippen LogP contribution in [-0.2, 0) is 17.6 Å². The summed E-state index contributed by atoms with van der Waals surface area (Å²) in [6, 6.07) is 6.86. The molecule has 0 heterocycles. The normalized spacial score (nSPS) is 14.1. The van der Waals surface area contributed by atoms with Crippen molar-refractivity contribution in [2.45, 2.75) is 24.2 Å². The molecule has 0 unspecified atom stereocenters. The van der Waals surface area contributed by atoms with Gasteiger partial charge in [0.05, 0.1) is 13.2 Å². The highest BCUT2D eigenvalue weighted by atomic mass is 35.5. The first-order valence-electron chi connectivity index (χ1n) is 5.78. The molecule has 0 atom stereocenters. The van der Waals surface area contributed by atoms with Gasteiger partial charge in [0.2, 0.25) is 0 Å². The number of hydrogen-bond acceptors (Lipinski definition) is 2. The van der Waals surface area contributed by atoms with Crippen molar-refractivity contribution in [3.63, 3.8) is 0 Å². The topological polar surface area (TPSA) is 9.23 Å². The minimum atomic E-state index is 0.587. The largest absolute Gasteiger partial charge is 0.379 e. The maximum atomic E-state index is 5.53. The number of aryl methyl sites for hydroxylation is 2. The third kappa shape index (κ3) is 3.41. The predicted octanol–water partition coefficient (Wildman–Crippen LogP) is 3.52. The van der Waals surface area contributed by atoms with Crippen LogP contribution >= 0.6 is 23.4 Å². The number of fused-ring (bicyclic) bond motifs is 1. The molecule has 0 saturated carbocycles. The highest BCUT2D eigenvalue weighted by molar-refractivity contribution is 7.99. The van der Waals surface area contributed by atoms with E-state index >= 15 is 0 Å². The van der Waals surface area contributed by atoms with E-state index in [1.54, 1.807) is 11.1 Å². The van der Waals surface area contributed by atoms with Crippen molar-refractivity contribution in [2.75, 3.05) is 24.8 Å². The molecule has 0 N–H and O–H groups in total. The first-order chi connectivity index (χ1) is 7.90. The van der Waals surface area contributed by atoms with Crippen LogP contribution in [0.5, 0.6) is 0 Å². The van der Waals surface area contributed by atoms with E-state index in [0.29, 0.717) is 12.5 Å². The van der Waals surface area contributed by atoms with E-state index in [1.165, 1.54) is 24.2 Å². The quantitative estimate of drug-likeness (QED) is 0.438. The van der Waals surface area contributed by atoms with Gasteiger partial charge in [-0.25, -0.2) is 0 Å². The number of hydrogen-bond donors (Lipinski definition) is 0. The van der Waals surface area contributed by atoms with E-state index in [0.717, 1.165) is 12.4 Å². The van der Waals surface area contributed by atoms with E-state index in [2.05, 4.69) is 18.2 Å². The van der Waals surface area contributed by atoms with Crippen LogP contribution in [0, 0.1) is 0 Å². The maximum Gasteiger partial charge on any atom is 0.0602 e. The third-order valence-electron chi connectivity index (χ3n) is 2.79. The molecule has 0 spiro atoms. The Morgan fingerprint density at radius 3 is 2.94 bits per heavy atom. The van der Waals surface area contributed by atoms with Crippen LogP contribution < -0.4 is 0 Å². The first-order valence-corrected chi connectivity index (χ1v) is 7.30. The lowest BCUT2D eigenvalue weighted by Crippen LogP contribution is -1.99. The summed E-state index contributed by atoms with van der Waals surface area (Å²) in [5.74, 6) is 1.60. The Hall–Kier alpha value is -0.180. The lowest BCUT2D eigenvalue weighted by Gasteiger charge is -2.05. The summed E-state index contributed by atoms with van der Waals surface area (Å²) in [7, 11) is 0. The second-order valence-corrected chi connectivity index (χ2v) is 5.48. The molecule has 1 aromatic carbocycles. The van der Waals surface area contributed by atoms with Gasteiger partial charge in [0, 0.05) is 16.5 Å². The van der Waals surface area contributed by atoms with Gasteiger partial charge in [0.1, 0.15) is 0 Å². The summed E-state index contributed by atoms with van der Waals surface area (Å²) < 4.78 is 5.34. The van der Waals surface area contributed by atoms with E-state index in [-0.39, 0.29) is 0 Å². The molecule has 0 bridgehead atoms. The summed E-state index contributed by atoms with van der Waals surface area (Å²) in [6.07, 6.45) is 3.84. The van der Waals surface area contributed by atoms with Gasteiger partial charge in [0.25, 0.3) is 0 Å². The van der Waals surface area contributed by atoms with Crippen molar-refractivity contribution >= 4 is 23.4 Å². The van der Waals surface area contributed by atoms with Gasteiger partial charge >= 0.3 is 0 Å². The number of ether oxygens (including phenoxy) is 1. The fourth-order valence-corrected chi connectivity index (χ4v) is 2.95. The minimum absolute atomic E-state index is 0.587. The zero-order chi connectivity index (χ0) is 11.2. The number of rotatable bonds is 6. The van der Waals surface area contributed by atoms with Crippen molar-refractivity contribution in [3.8, 4) is 0 Å². The predicted molar refractivity (Wildman–Crippen MR) is 70.7 cm³/mol. The molecule has 1 aromatic rings. The molecule has 0 fully saturated rings. The van der Waals surface area contributed by atoms with Gasteiger partial charge in [0.15, 0.2) is 0 Å². The van der Waals surface area contributed by atoms with Crippen molar-refractivity contribution in [1.82, 2.24) is 0 Å². The van der Waals surface area contributed by atoms with Crippen LogP contribution in [0.1, 0.15) is 17.5 Å². The summed E-state index contributed by atoms with van der Waals surface area (Å²) in [5, 5.41) is 0. The Morgan fingerprint density at radius 1 is 1.19 bits per heavy atom. The number of alkyl halides is 1. The summed E-state index contributed by atoms with van der Waals surface area (Å²) in [4.78, 5) is 1.37. The smallest absolute Gasteiger partial charge is 0.0602 e. The molecular formula is C13H17ClOS. The fraction of sp³-hybridized carbons (Fsp3) is 0.538. The summed E-state index contributed by atoms with van der Waals surface area (Å²) >= 11 is 7.40. The first kappa shape index (κ1) is 12.3. The molecule has 16 heavy (non-hydrogen) atoms. The number of halogens is 1. The molecule has 0 radical (unpaired) electrons. The summed E-state index contributed by atoms with van der Waals surface area (Å²) in [6.45, 7) is 1.45. The molecular weight excluding hydrogens is 240 g/mol. The Morgan fingerprint density at radius 2 is 2.06 bits per heavy atom. The van der Waals surface area contributed by atoms with Crippen LogP contribution in [0.4, 0.5) is 0 Å². The second kappa shape index (κ2) is 6.53. The molecule has 0 amide bonds. The SMILES string of the molecule is ClCCOCCSc1ccc2c(c1)CCC2. The van der Waals surface area contributed by atoms with Crippen molar-refractivity contribution in [3.05, 3.63) is 29.3 Å². The Labute approximate surface area is 107 Å². The van der Waals surface area contributed by atoms with Gasteiger partial charge in [-0.05, 0) is 42.5 Å². The van der Waals surface area contributed by atoms with E-state index in [1.807, 2.05) is 11.8 Å². The van der Waals surface area contributed by atoms with Crippen LogP contribution in [0.2, 0.25) is 0 Å². The lowest BCUT2D eigenvalue weighted by atomic mass is 10.1. The highest BCUT2D eigenvalue weighted by Crippen LogP contribution is 2.27. The third-order valence-corrected chi connectivity index (χ3v) is 3.90. The van der Waals surface area contributed by atoms with Crippen molar-refractivity contribution < 1.29 is 4.74 Å². The van der Waals surface area contributed by atoms with E-state index in [9.17, 15) is 0 Å². The van der Waals surface area contributed by atoms with Gasteiger partial charge in [-0.15, -0.1) is 23.4 Å². The molecule has 0 saturated heterocycles. The fourth-order valence-electron chi connectivity index (χ4n) is 2.01. The molecule has 88 valence electrons. The molecule has 1 aliphatic rings. The standard InChI is InChI=1S/C13H17ClOS/c14-6-7-15-8-9-16-13-5-4-11-2-1-3-12(11)10-13/h4-5,10H,1-3,6-9H2. The maximum absolute atomic E-state index is 5.53. The molecule has 2 rings (SSSR count). The monoisotopic (exact) mass is 256 g/mol. The minimum Gasteiger partial charge on any atom is -0.379 e. The van der Waals surface area contributed by atoms with Gasteiger partial charge < -0.3 is 4.74 Å². The van der Waals surface area contributed by atoms with Crippen LogP contribution in [0.25, 0.3) is 0 Å². The van der Waals surface area contributed by atoms with Gasteiger partial charge in [-0.3, -0.25) is 0 Å². The number of thioether (sulfide) groups is 1.